The maximum Gasteiger partial charge on any atom is 0.216 e. The number of pyridine rings is 2. The third-order valence-electron chi connectivity index (χ3n) is 7.08. The van der Waals surface area contributed by atoms with Gasteiger partial charge in [-0.15, -0.1) is 54.1 Å². The Bertz CT molecular complexity index is 2010. The molecular weight excluding hydrogens is 673 g/mol. The molecular formula is C34H24IrN4O-2. The Morgan fingerprint density at radius 2 is 1.73 bits per heavy atom. The molecule has 0 spiro atoms. The average molecular weight is 697 g/mol. The second kappa shape index (κ2) is 10.6. The minimum absolute atomic E-state index is 0. The summed E-state index contributed by atoms with van der Waals surface area (Å²) in [7, 11) is 0. The second-order valence-electron chi connectivity index (χ2n) is 9.60. The molecule has 6 heteroatoms. The van der Waals surface area contributed by atoms with E-state index in [1.807, 2.05) is 67.6 Å². The minimum Gasteiger partial charge on any atom is -0.486 e. The Hall–Kier alpha value is -4.38. The number of aromatic nitrogens is 4. The van der Waals surface area contributed by atoms with E-state index in [1.165, 1.54) is 16.7 Å². The SMILES string of the molecule is CC1=CCn2c(-c3[c-]cccc3)nc3cccc1c32.Cc1ccc2c(n1)oc1c(-c3ccccn3)[c-]ccc12.[Ir]. The van der Waals surface area contributed by atoms with Crippen molar-refractivity contribution in [3.8, 4) is 22.6 Å². The van der Waals surface area contributed by atoms with E-state index in [2.05, 4.69) is 63.9 Å². The van der Waals surface area contributed by atoms with Crippen molar-refractivity contribution in [2.45, 2.75) is 20.4 Å². The molecule has 0 unspecified atom stereocenters. The molecule has 8 rings (SSSR count). The van der Waals surface area contributed by atoms with Gasteiger partial charge in [-0.1, -0.05) is 41.3 Å². The zero-order chi connectivity index (χ0) is 26.3. The largest absolute Gasteiger partial charge is 0.486 e. The van der Waals surface area contributed by atoms with Crippen LogP contribution in [0.3, 0.4) is 0 Å². The summed E-state index contributed by atoms with van der Waals surface area (Å²) in [6, 6.07) is 34.6. The monoisotopic (exact) mass is 697 g/mol. The number of furan rings is 1. The maximum absolute atomic E-state index is 5.94. The van der Waals surface area contributed by atoms with Crippen molar-refractivity contribution in [2.24, 2.45) is 0 Å². The smallest absolute Gasteiger partial charge is 0.216 e. The van der Waals surface area contributed by atoms with Gasteiger partial charge in [0.15, 0.2) is 0 Å². The fraction of sp³-hybridized carbons (Fsp3) is 0.0882. The van der Waals surface area contributed by atoms with Crippen LogP contribution in [0.2, 0.25) is 0 Å². The van der Waals surface area contributed by atoms with Crippen LogP contribution in [0.15, 0.2) is 102 Å². The number of imidazole rings is 1. The summed E-state index contributed by atoms with van der Waals surface area (Å²) in [5.41, 5.74) is 10.1. The van der Waals surface area contributed by atoms with Crippen molar-refractivity contribution in [2.75, 3.05) is 0 Å². The normalized spacial score (nSPS) is 12.1. The summed E-state index contributed by atoms with van der Waals surface area (Å²) < 4.78 is 8.22. The van der Waals surface area contributed by atoms with E-state index in [-0.39, 0.29) is 20.1 Å². The van der Waals surface area contributed by atoms with Gasteiger partial charge in [-0.3, -0.25) is 4.98 Å². The first kappa shape index (κ1) is 25.9. The molecule has 0 N–H and O–H groups in total. The van der Waals surface area contributed by atoms with E-state index in [4.69, 9.17) is 9.40 Å². The zero-order valence-corrected chi connectivity index (χ0v) is 24.4. The molecule has 4 aromatic heterocycles. The molecule has 1 radical (unpaired) electrons. The number of aryl methyl sites for hydroxylation is 1. The fourth-order valence-electron chi connectivity index (χ4n) is 5.17. The number of hydrogen-bond acceptors (Lipinski definition) is 4. The number of benzene rings is 3. The van der Waals surface area contributed by atoms with Crippen LogP contribution in [-0.4, -0.2) is 19.5 Å². The number of rotatable bonds is 2. The predicted octanol–water partition coefficient (Wildman–Crippen LogP) is 8.07. The summed E-state index contributed by atoms with van der Waals surface area (Å²) in [5, 5.41) is 2.07. The summed E-state index contributed by atoms with van der Waals surface area (Å²) in [5.74, 6) is 1.01. The van der Waals surface area contributed by atoms with Crippen molar-refractivity contribution in [1.29, 1.82) is 0 Å². The Kier molecular flexibility index (Phi) is 6.89. The number of hydrogen-bond donors (Lipinski definition) is 0. The van der Waals surface area contributed by atoms with Gasteiger partial charge >= 0.3 is 0 Å². The first-order valence-corrected chi connectivity index (χ1v) is 12.9. The molecule has 7 aromatic rings. The summed E-state index contributed by atoms with van der Waals surface area (Å²) in [6.07, 6.45) is 4.03. The van der Waals surface area contributed by atoms with Gasteiger partial charge in [0.05, 0.1) is 22.4 Å². The van der Waals surface area contributed by atoms with Gasteiger partial charge in [-0.25, -0.2) is 4.98 Å². The van der Waals surface area contributed by atoms with Crippen molar-refractivity contribution >= 4 is 38.7 Å². The maximum atomic E-state index is 5.94. The Balaban J connectivity index is 0.000000141. The molecule has 0 bridgehead atoms. The first-order valence-electron chi connectivity index (χ1n) is 12.9. The summed E-state index contributed by atoms with van der Waals surface area (Å²) in [4.78, 5) is 13.6. The molecule has 0 amide bonds. The Morgan fingerprint density at radius 3 is 2.55 bits per heavy atom. The van der Waals surface area contributed by atoms with E-state index in [1.54, 1.807) is 6.20 Å². The molecule has 1 aliphatic rings. The molecule has 0 atom stereocenters. The number of nitrogens with zero attached hydrogens (tertiary/aromatic N) is 4. The molecule has 0 fully saturated rings. The Labute approximate surface area is 245 Å². The summed E-state index contributed by atoms with van der Waals surface area (Å²) in [6.45, 7) is 5.01. The van der Waals surface area contributed by atoms with E-state index in [0.29, 0.717) is 5.71 Å². The van der Waals surface area contributed by atoms with Gasteiger partial charge in [-0.05, 0) is 49.4 Å². The first-order chi connectivity index (χ1) is 19.2. The number of fused-ring (bicyclic) bond motifs is 3. The van der Waals surface area contributed by atoms with Gasteiger partial charge in [0, 0.05) is 49.5 Å². The van der Waals surface area contributed by atoms with Gasteiger partial charge in [-0.2, -0.15) is 0 Å². The topological polar surface area (TPSA) is 56.7 Å². The zero-order valence-electron chi connectivity index (χ0n) is 22.0. The molecule has 40 heavy (non-hydrogen) atoms. The van der Waals surface area contributed by atoms with Crippen LogP contribution in [0.1, 0.15) is 18.2 Å². The standard InChI is InChI=1S/C17H11N2O.C17H13N2.Ir/c1-11-8-9-13-12-5-4-6-14(15-7-2-3-10-18-15)16(12)20-17(13)19-11;1-12-10-11-19-16-14(12)8-5-9-15(16)18-17(19)13-6-3-2-4-7-13;/h2-5,7-10H,1H3;2-6,8-10H,11H2,1H3;/q2*-1;. The third kappa shape index (κ3) is 4.45. The van der Waals surface area contributed by atoms with Crippen LogP contribution >= 0.6 is 0 Å². The molecule has 0 aliphatic carbocycles. The number of para-hydroxylation sites is 1. The van der Waals surface area contributed by atoms with E-state index >= 15 is 0 Å². The predicted molar refractivity (Wildman–Crippen MR) is 156 cm³/mol. The molecule has 0 saturated heterocycles. The van der Waals surface area contributed by atoms with Crippen LogP contribution < -0.4 is 0 Å². The van der Waals surface area contributed by atoms with Crippen molar-refractivity contribution in [1.82, 2.24) is 19.5 Å². The molecule has 1 aliphatic heterocycles. The number of allylic oxidation sites excluding steroid dienone is 2. The van der Waals surface area contributed by atoms with Crippen LogP contribution in [0.5, 0.6) is 0 Å². The van der Waals surface area contributed by atoms with E-state index in [9.17, 15) is 0 Å². The Morgan fingerprint density at radius 1 is 0.825 bits per heavy atom. The van der Waals surface area contributed by atoms with Gasteiger partial charge in [0.2, 0.25) is 5.71 Å². The van der Waals surface area contributed by atoms with Gasteiger partial charge in [0.25, 0.3) is 0 Å². The molecule has 5 heterocycles. The molecule has 0 saturated carbocycles. The quantitative estimate of drug-likeness (QED) is 0.172. The van der Waals surface area contributed by atoms with Crippen LogP contribution in [0, 0.1) is 19.1 Å². The van der Waals surface area contributed by atoms with Crippen molar-refractivity contribution in [3.05, 3.63) is 121 Å². The second-order valence-corrected chi connectivity index (χ2v) is 9.60. The molecule has 3 aromatic carbocycles. The van der Waals surface area contributed by atoms with Gasteiger partial charge in [0.1, 0.15) is 0 Å². The third-order valence-corrected chi connectivity index (χ3v) is 7.08. The van der Waals surface area contributed by atoms with Gasteiger partial charge < -0.3 is 14.0 Å². The molecule has 197 valence electrons. The van der Waals surface area contributed by atoms with Crippen LogP contribution in [-0.2, 0) is 26.7 Å². The van der Waals surface area contributed by atoms with E-state index < -0.39 is 0 Å². The van der Waals surface area contributed by atoms with Crippen molar-refractivity contribution < 1.29 is 24.5 Å². The van der Waals surface area contributed by atoms with Crippen molar-refractivity contribution in [3.63, 3.8) is 0 Å². The van der Waals surface area contributed by atoms with Crippen LogP contribution in [0.25, 0.3) is 61.3 Å². The summed E-state index contributed by atoms with van der Waals surface area (Å²) >= 11 is 0. The van der Waals surface area contributed by atoms with Crippen LogP contribution in [0.4, 0.5) is 0 Å². The average Bonchev–Trinajstić information content (AvgIpc) is 3.55. The fourth-order valence-corrected chi connectivity index (χ4v) is 5.17. The minimum atomic E-state index is 0. The van der Waals surface area contributed by atoms with E-state index in [0.717, 1.165) is 56.8 Å². The molecule has 5 nitrogen and oxygen atoms in total.